The molecule has 0 bridgehead atoms. The molecule has 2 atom stereocenters. The number of rotatable bonds is 4. The Balaban J connectivity index is 2.68. The maximum absolute atomic E-state index is 12.6. The van der Waals surface area contributed by atoms with E-state index in [9.17, 15) is 4.39 Å². The van der Waals surface area contributed by atoms with Crippen LogP contribution in [0.5, 0.6) is 0 Å². The minimum Gasteiger partial charge on any atom is -0.396 e. The van der Waals surface area contributed by atoms with Crippen LogP contribution in [0.25, 0.3) is 0 Å². The fourth-order valence-corrected chi connectivity index (χ4v) is 1.26. The number of aliphatic hydroxyl groups excluding tert-OH is 1. The molecule has 0 saturated carbocycles. The molecule has 4 heteroatoms. The average molecular weight is 198 g/mol. The molecule has 0 saturated heterocycles. The van der Waals surface area contributed by atoms with Crippen LogP contribution in [0.4, 0.5) is 4.39 Å². The molecule has 0 aromatic heterocycles. The smallest absolute Gasteiger partial charge is 0.123 e. The summed E-state index contributed by atoms with van der Waals surface area (Å²) in [5.74, 6) is -0.295. The first-order valence-corrected chi connectivity index (χ1v) is 4.52. The Morgan fingerprint density at radius 2 is 1.79 bits per heavy atom. The van der Waals surface area contributed by atoms with Gasteiger partial charge in [-0.25, -0.2) is 4.39 Å². The van der Waals surface area contributed by atoms with E-state index in [0.717, 1.165) is 5.56 Å². The molecule has 0 spiro atoms. The molecular formula is C10H15FN2O. The van der Waals surface area contributed by atoms with E-state index in [1.165, 1.54) is 12.1 Å². The lowest BCUT2D eigenvalue weighted by molar-refractivity contribution is 0.268. The largest absolute Gasteiger partial charge is 0.396 e. The molecule has 3 nitrogen and oxygen atoms in total. The van der Waals surface area contributed by atoms with Gasteiger partial charge in [-0.2, -0.15) is 0 Å². The van der Waals surface area contributed by atoms with Crippen molar-refractivity contribution < 1.29 is 9.50 Å². The fourth-order valence-electron chi connectivity index (χ4n) is 1.26. The molecule has 2 unspecified atom stereocenters. The minimum atomic E-state index is -0.359. The summed E-state index contributed by atoms with van der Waals surface area (Å²) in [7, 11) is 0. The Hall–Kier alpha value is -0.970. The van der Waals surface area contributed by atoms with Crippen LogP contribution in [0.3, 0.4) is 0 Å². The van der Waals surface area contributed by atoms with Crippen LogP contribution in [-0.4, -0.2) is 17.8 Å². The van der Waals surface area contributed by atoms with Crippen LogP contribution in [0.1, 0.15) is 18.0 Å². The maximum atomic E-state index is 12.6. The Labute approximate surface area is 82.5 Å². The van der Waals surface area contributed by atoms with Gasteiger partial charge in [-0.3, -0.25) is 0 Å². The molecule has 1 aromatic carbocycles. The minimum absolute atomic E-state index is 0.00998. The van der Waals surface area contributed by atoms with Crippen LogP contribution in [0.2, 0.25) is 0 Å². The number of hydrogen-bond donors (Lipinski definition) is 3. The lowest BCUT2D eigenvalue weighted by Gasteiger charge is -2.19. The van der Waals surface area contributed by atoms with Gasteiger partial charge in [0.15, 0.2) is 0 Å². The number of hydrogen-bond acceptors (Lipinski definition) is 3. The molecule has 0 aliphatic carbocycles. The third kappa shape index (κ3) is 2.77. The molecule has 78 valence electrons. The van der Waals surface area contributed by atoms with Crippen molar-refractivity contribution in [3.63, 3.8) is 0 Å². The van der Waals surface area contributed by atoms with Gasteiger partial charge in [0.1, 0.15) is 5.82 Å². The lowest BCUT2D eigenvalue weighted by atomic mass is 9.99. The van der Waals surface area contributed by atoms with Gasteiger partial charge in [0.25, 0.3) is 0 Å². The summed E-state index contributed by atoms with van der Waals surface area (Å²) in [4.78, 5) is 0. The zero-order valence-electron chi connectivity index (χ0n) is 7.86. The highest BCUT2D eigenvalue weighted by Gasteiger charge is 2.14. The zero-order valence-corrected chi connectivity index (χ0v) is 7.86. The van der Waals surface area contributed by atoms with Crippen molar-refractivity contribution in [3.05, 3.63) is 35.6 Å². The number of benzene rings is 1. The van der Waals surface area contributed by atoms with Crippen LogP contribution in [0.15, 0.2) is 24.3 Å². The van der Waals surface area contributed by atoms with E-state index in [1.54, 1.807) is 12.1 Å². The highest BCUT2D eigenvalue weighted by molar-refractivity contribution is 5.20. The Morgan fingerprint density at radius 1 is 1.21 bits per heavy atom. The van der Waals surface area contributed by atoms with Crippen molar-refractivity contribution in [2.75, 3.05) is 6.61 Å². The molecule has 0 aliphatic rings. The number of aliphatic hydroxyl groups is 1. The Bertz CT molecular complexity index is 276. The SMILES string of the molecule is NC(CCO)C(N)c1ccc(F)cc1. The van der Waals surface area contributed by atoms with E-state index < -0.39 is 0 Å². The predicted molar refractivity (Wildman–Crippen MR) is 53.0 cm³/mol. The van der Waals surface area contributed by atoms with E-state index in [0.29, 0.717) is 6.42 Å². The number of halogens is 1. The maximum Gasteiger partial charge on any atom is 0.123 e. The van der Waals surface area contributed by atoms with E-state index in [-0.39, 0.29) is 24.5 Å². The fraction of sp³-hybridized carbons (Fsp3) is 0.400. The van der Waals surface area contributed by atoms with Gasteiger partial charge in [0, 0.05) is 18.7 Å². The van der Waals surface area contributed by atoms with Gasteiger partial charge in [-0.15, -0.1) is 0 Å². The first kappa shape index (κ1) is 11.1. The first-order chi connectivity index (χ1) is 6.65. The van der Waals surface area contributed by atoms with E-state index in [4.69, 9.17) is 16.6 Å². The van der Waals surface area contributed by atoms with Crippen LogP contribution >= 0.6 is 0 Å². The summed E-state index contributed by atoms with van der Waals surface area (Å²) in [6, 6.07) is 5.25. The Morgan fingerprint density at radius 3 is 2.29 bits per heavy atom. The van der Waals surface area contributed by atoms with Gasteiger partial charge in [-0.1, -0.05) is 12.1 Å². The third-order valence-electron chi connectivity index (χ3n) is 2.18. The second kappa shape index (κ2) is 5.05. The molecular weight excluding hydrogens is 183 g/mol. The average Bonchev–Trinajstić information content (AvgIpc) is 2.18. The standard InChI is InChI=1S/C10H15FN2O/c11-8-3-1-7(2-4-8)10(13)9(12)5-6-14/h1-4,9-10,14H,5-6,12-13H2. The van der Waals surface area contributed by atoms with Crippen LogP contribution in [0, 0.1) is 5.82 Å². The summed E-state index contributed by atoms with van der Waals surface area (Å²) >= 11 is 0. The monoisotopic (exact) mass is 198 g/mol. The van der Waals surface area contributed by atoms with Gasteiger partial charge < -0.3 is 16.6 Å². The van der Waals surface area contributed by atoms with Crippen molar-refractivity contribution in [3.8, 4) is 0 Å². The van der Waals surface area contributed by atoms with E-state index >= 15 is 0 Å². The van der Waals surface area contributed by atoms with Gasteiger partial charge in [0.2, 0.25) is 0 Å². The van der Waals surface area contributed by atoms with E-state index in [2.05, 4.69) is 0 Å². The number of nitrogens with two attached hydrogens (primary N) is 2. The molecule has 0 aliphatic heterocycles. The second-order valence-electron chi connectivity index (χ2n) is 3.25. The van der Waals surface area contributed by atoms with E-state index in [1.807, 2.05) is 0 Å². The highest BCUT2D eigenvalue weighted by Crippen LogP contribution is 2.15. The summed E-state index contributed by atoms with van der Waals surface area (Å²) in [5.41, 5.74) is 12.3. The van der Waals surface area contributed by atoms with Crippen molar-refractivity contribution in [1.82, 2.24) is 0 Å². The zero-order chi connectivity index (χ0) is 10.6. The quantitative estimate of drug-likeness (QED) is 0.661. The summed E-state index contributed by atoms with van der Waals surface area (Å²) in [5, 5.41) is 8.68. The summed E-state index contributed by atoms with van der Waals surface area (Å²) in [6.45, 7) is 0.00998. The Kier molecular flexibility index (Phi) is 4.00. The lowest BCUT2D eigenvalue weighted by Crippen LogP contribution is -2.34. The second-order valence-corrected chi connectivity index (χ2v) is 3.25. The summed E-state index contributed by atoms with van der Waals surface area (Å²) < 4.78 is 12.6. The molecule has 5 N–H and O–H groups in total. The molecule has 0 fully saturated rings. The molecule has 0 heterocycles. The van der Waals surface area contributed by atoms with Gasteiger partial charge in [0.05, 0.1) is 0 Å². The molecule has 0 radical (unpaired) electrons. The van der Waals surface area contributed by atoms with Crippen molar-refractivity contribution in [2.45, 2.75) is 18.5 Å². The van der Waals surface area contributed by atoms with Crippen molar-refractivity contribution >= 4 is 0 Å². The van der Waals surface area contributed by atoms with Gasteiger partial charge >= 0.3 is 0 Å². The first-order valence-electron chi connectivity index (χ1n) is 4.52. The van der Waals surface area contributed by atoms with Crippen molar-refractivity contribution in [2.24, 2.45) is 11.5 Å². The summed E-state index contributed by atoms with van der Waals surface area (Å²) in [6.07, 6.45) is 0.443. The molecule has 0 amide bonds. The topological polar surface area (TPSA) is 72.3 Å². The normalized spacial score (nSPS) is 15.1. The third-order valence-corrected chi connectivity index (χ3v) is 2.18. The van der Waals surface area contributed by atoms with Crippen LogP contribution in [-0.2, 0) is 0 Å². The molecule has 1 aromatic rings. The predicted octanol–water partition coefficient (Wildman–Crippen LogP) is 0.535. The molecule has 14 heavy (non-hydrogen) atoms. The van der Waals surface area contributed by atoms with Gasteiger partial charge in [-0.05, 0) is 24.1 Å². The van der Waals surface area contributed by atoms with Crippen molar-refractivity contribution in [1.29, 1.82) is 0 Å². The molecule has 1 rings (SSSR count). The highest BCUT2D eigenvalue weighted by atomic mass is 19.1. The van der Waals surface area contributed by atoms with Crippen LogP contribution < -0.4 is 11.5 Å².